The van der Waals surface area contributed by atoms with E-state index in [4.69, 9.17) is 4.74 Å². The number of amidine groups is 1. The first kappa shape index (κ1) is 46.4. The summed E-state index contributed by atoms with van der Waals surface area (Å²) in [5.74, 6) is 1.46. The highest BCUT2D eigenvalue weighted by molar-refractivity contribution is 8.14. The number of nitrogens with one attached hydrogen (secondary N) is 1. The van der Waals surface area contributed by atoms with Crippen LogP contribution in [0.2, 0.25) is 0 Å². The maximum Gasteiger partial charge on any atom is 0.573 e. The summed E-state index contributed by atoms with van der Waals surface area (Å²) in [6.45, 7) is 10.8. The molecular formula is C38H46F6N4O4S. The number of hydrogen-bond acceptors (Lipinski definition) is 6. The number of halogens is 6. The van der Waals surface area contributed by atoms with Gasteiger partial charge in [0.1, 0.15) is 17.3 Å². The van der Waals surface area contributed by atoms with Gasteiger partial charge in [0, 0.05) is 30.9 Å². The van der Waals surface area contributed by atoms with Crippen LogP contribution >= 0.6 is 11.8 Å². The number of alkyl halides is 6. The molecule has 2 amide bonds. The van der Waals surface area contributed by atoms with Crippen LogP contribution in [0.15, 0.2) is 81.7 Å². The lowest BCUT2D eigenvalue weighted by Crippen LogP contribution is -2.16. The summed E-state index contributed by atoms with van der Waals surface area (Å²) < 4.78 is 79.1. The Morgan fingerprint density at radius 3 is 2.04 bits per heavy atom. The summed E-state index contributed by atoms with van der Waals surface area (Å²) in [6.07, 6.45) is -5.38. The van der Waals surface area contributed by atoms with E-state index in [1.807, 2.05) is 51.3 Å². The summed E-state index contributed by atoms with van der Waals surface area (Å²) in [7, 11) is 1.70. The lowest BCUT2D eigenvalue weighted by atomic mass is 10.1. The van der Waals surface area contributed by atoms with E-state index in [2.05, 4.69) is 32.0 Å². The molecule has 0 saturated carbocycles. The number of hydrogen-bond donors (Lipinski definition) is 1. The number of aliphatic imine (C=N–C) groups is 3. The second-order valence-corrected chi connectivity index (χ2v) is 12.5. The minimum atomic E-state index is -4.60. The van der Waals surface area contributed by atoms with Crippen LogP contribution in [0.25, 0.3) is 0 Å². The molecule has 0 bridgehead atoms. The molecule has 1 N–H and O–H groups in total. The summed E-state index contributed by atoms with van der Waals surface area (Å²) >= 11 is 1.27. The fourth-order valence-electron chi connectivity index (χ4n) is 3.84. The number of urea groups is 1. The van der Waals surface area contributed by atoms with Gasteiger partial charge < -0.3 is 14.8 Å². The number of aryl methyl sites for hydroxylation is 3. The molecule has 53 heavy (non-hydrogen) atoms. The smallest absolute Gasteiger partial charge is 0.493 e. The van der Waals surface area contributed by atoms with Crippen LogP contribution in [0.5, 0.6) is 11.5 Å². The zero-order valence-electron chi connectivity index (χ0n) is 30.8. The van der Waals surface area contributed by atoms with Crippen LogP contribution in [0, 0.1) is 20.8 Å². The molecule has 0 aliphatic carbocycles. The molecule has 0 aliphatic heterocycles. The first-order valence-corrected chi connectivity index (χ1v) is 17.5. The van der Waals surface area contributed by atoms with E-state index in [1.165, 1.54) is 23.9 Å². The second-order valence-electron chi connectivity index (χ2n) is 11.3. The van der Waals surface area contributed by atoms with Crippen molar-refractivity contribution < 1.29 is 45.4 Å². The maximum atomic E-state index is 11.9. The maximum absolute atomic E-state index is 11.9. The Hall–Kier alpha value is -4.66. The molecule has 3 rings (SSSR count). The normalized spacial score (nSPS) is 11.9. The van der Waals surface area contributed by atoms with Crippen LogP contribution in [0.1, 0.15) is 68.7 Å². The number of unbranched alkanes of at least 4 members (excludes halogenated alkanes) is 1. The van der Waals surface area contributed by atoms with Crippen LogP contribution in [-0.4, -0.2) is 60.9 Å². The SMILES string of the molecule is CCCC=NC(=NC)c1ccc(NC(=O)/N=C(/C)SCC(=O)CC)cc1.Cc1ccc(OC(F)(F)F)cc1.Cc1ccc(OCCC(F)(F)F)c(C)c1. The number of anilines is 1. The molecule has 0 radical (unpaired) electrons. The number of amides is 2. The lowest BCUT2D eigenvalue weighted by molar-refractivity contribution is -0.274. The molecule has 0 heterocycles. The number of benzene rings is 3. The van der Waals surface area contributed by atoms with Crippen molar-refractivity contribution in [3.05, 3.63) is 89.0 Å². The number of nitrogens with zero attached hydrogens (tertiary/aromatic N) is 3. The van der Waals surface area contributed by atoms with Crippen molar-refractivity contribution in [1.29, 1.82) is 0 Å². The predicted octanol–water partition coefficient (Wildman–Crippen LogP) is 11.1. The summed E-state index contributed by atoms with van der Waals surface area (Å²) in [6, 6.07) is 17.9. The number of Topliss-reactive ketones (excluding diaryl/α,β-unsaturated/α-hetero) is 1. The third-order valence-corrected chi connectivity index (χ3v) is 7.54. The number of carbonyl (C=O) groups excluding carboxylic acids is 2. The molecule has 0 aliphatic rings. The molecule has 0 atom stereocenters. The van der Waals surface area contributed by atoms with E-state index < -0.39 is 25.0 Å². The van der Waals surface area contributed by atoms with Crippen LogP contribution in [-0.2, 0) is 4.79 Å². The monoisotopic (exact) mass is 768 g/mol. The van der Waals surface area contributed by atoms with E-state index in [0.29, 0.717) is 34.5 Å². The molecule has 0 saturated heterocycles. The number of thioether (sulfide) groups is 1. The Labute approximate surface area is 311 Å². The minimum absolute atomic E-state index is 0.135. The highest BCUT2D eigenvalue weighted by Crippen LogP contribution is 2.24. The van der Waals surface area contributed by atoms with Gasteiger partial charge in [0.2, 0.25) is 0 Å². The second kappa shape index (κ2) is 23.8. The predicted molar refractivity (Wildman–Crippen MR) is 202 cm³/mol. The van der Waals surface area contributed by atoms with Gasteiger partial charge in [-0.3, -0.25) is 9.79 Å². The fourth-order valence-corrected chi connectivity index (χ4v) is 4.56. The summed E-state index contributed by atoms with van der Waals surface area (Å²) in [5, 5.41) is 3.27. The molecule has 0 fully saturated rings. The van der Waals surface area contributed by atoms with E-state index >= 15 is 0 Å². The minimum Gasteiger partial charge on any atom is -0.493 e. The topological polar surface area (TPSA) is 102 Å². The number of ether oxygens (including phenoxy) is 2. The molecule has 15 heteroatoms. The Bertz CT molecular complexity index is 1660. The van der Waals surface area contributed by atoms with Crippen molar-refractivity contribution in [1.82, 2.24) is 0 Å². The van der Waals surface area contributed by atoms with Gasteiger partial charge in [0.25, 0.3) is 0 Å². The summed E-state index contributed by atoms with van der Waals surface area (Å²) in [4.78, 5) is 35.7. The Kier molecular flexibility index (Phi) is 20.8. The van der Waals surface area contributed by atoms with Gasteiger partial charge in [0.15, 0.2) is 5.84 Å². The number of rotatable bonds is 11. The zero-order valence-corrected chi connectivity index (χ0v) is 31.6. The van der Waals surface area contributed by atoms with Gasteiger partial charge in [-0.05, 0) is 82.1 Å². The number of ketones is 1. The molecule has 0 unspecified atom stereocenters. The van der Waals surface area contributed by atoms with Gasteiger partial charge in [-0.15, -0.1) is 24.9 Å². The quantitative estimate of drug-likeness (QED) is 0.119. The Morgan fingerprint density at radius 1 is 0.887 bits per heavy atom. The van der Waals surface area contributed by atoms with Gasteiger partial charge in [-0.2, -0.15) is 18.2 Å². The third-order valence-electron chi connectivity index (χ3n) is 6.56. The van der Waals surface area contributed by atoms with Gasteiger partial charge >= 0.3 is 18.6 Å². The van der Waals surface area contributed by atoms with Crippen LogP contribution in [0.4, 0.5) is 36.8 Å². The van der Waals surface area contributed by atoms with Crippen LogP contribution < -0.4 is 14.8 Å². The lowest BCUT2D eigenvalue weighted by Gasteiger charge is -2.11. The molecular weight excluding hydrogens is 722 g/mol. The molecule has 0 aromatic heterocycles. The zero-order chi connectivity index (χ0) is 40.0. The van der Waals surface area contributed by atoms with E-state index in [0.717, 1.165) is 35.1 Å². The molecule has 0 spiro atoms. The highest BCUT2D eigenvalue weighted by Gasteiger charge is 2.31. The standard InChI is InChI=1S/C19H26N4O2S.C11H13F3O.C8H7F3O/c1-5-7-12-21-18(20-4)15-8-10-16(11-9-15)23-19(25)22-14(3)26-13-17(24)6-2;1-8-3-4-10(9(2)7-8)15-6-5-11(12,13)14;1-6-2-4-7(5-3-6)12-8(9,10)11/h8-12H,5-7,13H2,1-4H3,(H,23,25);3-4,7H,5-6H2,1-2H3;2-5H,1H3/b20-18?,21-12?,22-14-;;. The Balaban J connectivity index is 0.000000437. The van der Waals surface area contributed by atoms with Crippen molar-refractivity contribution in [3.63, 3.8) is 0 Å². The highest BCUT2D eigenvalue weighted by atomic mass is 32.2. The Morgan fingerprint density at radius 2 is 1.51 bits per heavy atom. The van der Waals surface area contributed by atoms with Crippen molar-refractivity contribution >= 4 is 46.4 Å². The van der Waals surface area contributed by atoms with E-state index in [9.17, 15) is 35.9 Å². The van der Waals surface area contributed by atoms with E-state index in [1.54, 1.807) is 51.2 Å². The van der Waals surface area contributed by atoms with Gasteiger partial charge in [0.05, 0.1) is 23.8 Å². The van der Waals surface area contributed by atoms with Gasteiger partial charge in [-0.1, -0.05) is 55.7 Å². The van der Waals surface area contributed by atoms with Crippen molar-refractivity contribution in [2.75, 3.05) is 24.7 Å². The van der Waals surface area contributed by atoms with Crippen LogP contribution in [0.3, 0.4) is 0 Å². The average Bonchev–Trinajstić information content (AvgIpc) is 3.07. The van der Waals surface area contributed by atoms with E-state index in [-0.39, 0.29) is 18.1 Å². The van der Waals surface area contributed by atoms with Gasteiger partial charge in [-0.25, -0.2) is 9.79 Å². The van der Waals surface area contributed by atoms with Crippen molar-refractivity contribution in [2.24, 2.45) is 15.0 Å². The molecule has 8 nitrogen and oxygen atoms in total. The molecule has 3 aromatic rings. The third kappa shape index (κ3) is 22.1. The first-order valence-electron chi connectivity index (χ1n) is 16.5. The first-order chi connectivity index (χ1) is 24.8. The summed E-state index contributed by atoms with van der Waals surface area (Å²) in [5.41, 5.74) is 4.33. The molecule has 290 valence electrons. The van der Waals surface area contributed by atoms with Crippen molar-refractivity contribution in [3.8, 4) is 11.5 Å². The molecule has 3 aromatic carbocycles. The largest absolute Gasteiger partial charge is 0.573 e. The van der Waals surface area contributed by atoms with Crippen molar-refractivity contribution in [2.45, 2.75) is 79.8 Å². The number of carbonyl (C=O) groups is 2. The fraction of sp³-hybridized carbons (Fsp3) is 0.395. The average molecular weight is 769 g/mol.